The fraction of sp³-hybridized carbons (Fsp3) is 0.0217. The highest BCUT2D eigenvalue weighted by Gasteiger charge is 2.52. The van der Waals surface area contributed by atoms with Crippen molar-refractivity contribution in [3.05, 3.63) is 198 Å². The van der Waals surface area contributed by atoms with E-state index in [0.29, 0.717) is 5.82 Å². The van der Waals surface area contributed by atoms with Gasteiger partial charge in [-0.05, 0) is 52.6 Å². The molecule has 10 rings (SSSR count). The minimum absolute atomic E-state index is 0.631. The van der Waals surface area contributed by atoms with Crippen LogP contribution in [-0.2, 0) is 5.41 Å². The van der Waals surface area contributed by atoms with Crippen LogP contribution in [0.4, 0.5) is 0 Å². The molecular weight excluding hydrogens is 611 g/mol. The molecule has 8 aromatic rings. The topological polar surface area (TPSA) is 47.9 Å². The minimum atomic E-state index is -0.631. The van der Waals surface area contributed by atoms with Crippen LogP contribution in [0.15, 0.2) is 176 Å². The number of rotatable bonds is 4. The highest BCUT2D eigenvalue weighted by Crippen LogP contribution is 2.64. The first-order valence-corrected chi connectivity index (χ1v) is 16.9. The summed E-state index contributed by atoms with van der Waals surface area (Å²) in [4.78, 5) is 15.1. The van der Waals surface area contributed by atoms with E-state index in [-0.39, 0.29) is 0 Å². The van der Waals surface area contributed by atoms with Crippen molar-refractivity contribution in [3.8, 4) is 67.8 Å². The Morgan fingerprint density at radius 1 is 0.380 bits per heavy atom. The van der Waals surface area contributed by atoms with E-state index in [1.165, 1.54) is 22.3 Å². The highest BCUT2D eigenvalue weighted by molar-refractivity contribution is 5.92. The van der Waals surface area contributed by atoms with Gasteiger partial charge in [0.1, 0.15) is 11.5 Å². The van der Waals surface area contributed by atoms with Crippen LogP contribution in [0, 0.1) is 0 Å². The van der Waals surface area contributed by atoms with Gasteiger partial charge in [-0.1, -0.05) is 140 Å². The molecule has 2 aliphatic rings. The Kier molecular flexibility index (Phi) is 6.36. The van der Waals surface area contributed by atoms with Crippen molar-refractivity contribution in [3.63, 3.8) is 0 Å². The largest absolute Gasteiger partial charge is 0.455 e. The third-order valence-electron chi connectivity index (χ3n) is 10.0. The van der Waals surface area contributed by atoms with E-state index in [0.717, 1.165) is 62.0 Å². The summed E-state index contributed by atoms with van der Waals surface area (Å²) in [7, 11) is 0. The van der Waals surface area contributed by atoms with E-state index in [1.54, 1.807) is 0 Å². The molecule has 0 fully saturated rings. The quantitative estimate of drug-likeness (QED) is 0.192. The maximum atomic E-state index is 7.26. The monoisotopic (exact) mass is 639 g/mol. The van der Waals surface area contributed by atoms with Crippen molar-refractivity contribution in [2.75, 3.05) is 0 Å². The average Bonchev–Trinajstić information content (AvgIpc) is 3.49. The second kappa shape index (κ2) is 11.2. The number of para-hydroxylation sites is 2. The normalized spacial score (nSPS) is 13.1. The maximum Gasteiger partial charge on any atom is 0.160 e. The van der Waals surface area contributed by atoms with Gasteiger partial charge in [-0.15, -0.1) is 0 Å². The average molecular weight is 640 g/mol. The van der Waals surface area contributed by atoms with Crippen LogP contribution in [-0.4, -0.2) is 15.0 Å². The zero-order chi connectivity index (χ0) is 33.1. The smallest absolute Gasteiger partial charge is 0.160 e. The summed E-state index contributed by atoms with van der Waals surface area (Å²) < 4.78 is 7.26. The minimum Gasteiger partial charge on any atom is -0.455 e. The number of nitrogens with zero attached hydrogens (tertiary/aromatic N) is 3. The molecule has 1 aliphatic carbocycles. The number of ether oxygens (including phenoxy) is 1. The molecule has 0 bridgehead atoms. The SMILES string of the molecule is c1ccc(-c2cc(-c3cccc4c3Oc3c(-c5ccccn5)cccc3C43c4ccccc4-c4ccccc43)nc(-c3ccccc3)n2)cc1. The zero-order valence-electron chi connectivity index (χ0n) is 27.0. The molecule has 6 aromatic carbocycles. The summed E-state index contributed by atoms with van der Waals surface area (Å²) in [5, 5.41) is 0. The Morgan fingerprint density at radius 2 is 0.880 bits per heavy atom. The van der Waals surface area contributed by atoms with Gasteiger partial charge in [-0.3, -0.25) is 4.98 Å². The molecule has 4 nitrogen and oxygen atoms in total. The van der Waals surface area contributed by atoms with Crippen LogP contribution in [0.5, 0.6) is 11.5 Å². The second-order valence-corrected chi connectivity index (χ2v) is 12.7. The molecule has 0 saturated carbocycles. The number of benzene rings is 6. The Labute approximate surface area is 290 Å². The predicted molar refractivity (Wildman–Crippen MR) is 199 cm³/mol. The molecule has 0 saturated heterocycles. The molecule has 234 valence electrons. The van der Waals surface area contributed by atoms with E-state index in [4.69, 9.17) is 19.7 Å². The lowest BCUT2D eigenvalue weighted by Gasteiger charge is -2.40. The number of pyridine rings is 1. The molecular formula is C46H29N3O. The lowest BCUT2D eigenvalue weighted by atomic mass is 9.65. The van der Waals surface area contributed by atoms with Crippen molar-refractivity contribution in [1.29, 1.82) is 0 Å². The molecule has 50 heavy (non-hydrogen) atoms. The van der Waals surface area contributed by atoms with Crippen molar-refractivity contribution in [2.45, 2.75) is 5.41 Å². The van der Waals surface area contributed by atoms with E-state index in [2.05, 4.69) is 115 Å². The number of fused-ring (bicyclic) bond motifs is 9. The van der Waals surface area contributed by atoms with Crippen LogP contribution < -0.4 is 4.74 Å². The van der Waals surface area contributed by atoms with Gasteiger partial charge in [-0.2, -0.15) is 0 Å². The van der Waals surface area contributed by atoms with Gasteiger partial charge in [0.25, 0.3) is 0 Å². The van der Waals surface area contributed by atoms with Crippen LogP contribution >= 0.6 is 0 Å². The molecule has 1 spiro atoms. The summed E-state index contributed by atoms with van der Waals surface area (Å²) in [6.07, 6.45) is 1.84. The molecule has 0 amide bonds. The van der Waals surface area contributed by atoms with Gasteiger partial charge in [-0.25, -0.2) is 9.97 Å². The molecule has 0 radical (unpaired) electrons. The molecule has 3 heterocycles. The van der Waals surface area contributed by atoms with Crippen LogP contribution in [0.25, 0.3) is 56.3 Å². The molecule has 0 atom stereocenters. The summed E-state index contributed by atoms with van der Waals surface area (Å²) in [5.74, 6) is 2.25. The van der Waals surface area contributed by atoms with Crippen LogP contribution in [0.2, 0.25) is 0 Å². The van der Waals surface area contributed by atoms with E-state index in [1.807, 2.05) is 60.8 Å². The first-order chi connectivity index (χ1) is 24.8. The van der Waals surface area contributed by atoms with Crippen LogP contribution in [0.3, 0.4) is 0 Å². The van der Waals surface area contributed by atoms with Gasteiger partial charge >= 0.3 is 0 Å². The van der Waals surface area contributed by atoms with E-state index < -0.39 is 5.41 Å². The highest BCUT2D eigenvalue weighted by atomic mass is 16.5. The van der Waals surface area contributed by atoms with Crippen molar-refractivity contribution >= 4 is 0 Å². The fourth-order valence-corrected chi connectivity index (χ4v) is 7.93. The van der Waals surface area contributed by atoms with Crippen molar-refractivity contribution in [2.24, 2.45) is 0 Å². The van der Waals surface area contributed by atoms with E-state index >= 15 is 0 Å². The molecule has 4 heteroatoms. The van der Waals surface area contributed by atoms with Crippen molar-refractivity contribution in [1.82, 2.24) is 15.0 Å². The summed E-state index contributed by atoms with van der Waals surface area (Å²) in [6.45, 7) is 0. The summed E-state index contributed by atoms with van der Waals surface area (Å²) in [5.41, 5.74) is 12.8. The zero-order valence-corrected chi connectivity index (χ0v) is 27.0. The van der Waals surface area contributed by atoms with Gasteiger partial charge in [0, 0.05) is 39.6 Å². The lowest BCUT2D eigenvalue weighted by Crippen LogP contribution is -2.32. The second-order valence-electron chi connectivity index (χ2n) is 12.7. The Morgan fingerprint density at radius 3 is 1.50 bits per heavy atom. The fourth-order valence-electron chi connectivity index (χ4n) is 7.93. The Hall–Kier alpha value is -6.65. The van der Waals surface area contributed by atoms with E-state index in [9.17, 15) is 0 Å². The Bertz CT molecular complexity index is 2460. The standard InChI is InChI=1S/C46H29N3O/c1-3-15-30(16-4-1)41-29-42(49-45(48-41)31-17-5-2-6-18-31)35-22-14-26-39-44(35)50-43-34(40-27-11-12-28-47-40)21-13-25-38(43)46(39)36-23-9-7-19-32(36)33-20-8-10-24-37(33)46/h1-29H. The van der Waals surface area contributed by atoms with Crippen molar-refractivity contribution < 1.29 is 4.74 Å². The molecule has 1 aliphatic heterocycles. The third-order valence-corrected chi connectivity index (χ3v) is 10.0. The predicted octanol–water partition coefficient (Wildman–Crippen LogP) is 11.0. The first kappa shape index (κ1) is 28.4. The molecule has 0 unspecified atom stereocenters. The van der Waals surface area contributed by atoms with Gasteiger partial charge < -0.3 is 4.74 Å². The number of aromatic nitrogens is 3. The van der Waals surface area contributed by atoms with Gasteiger partial charge in [0.05, 0.1) is 22.5 Å². The van der Waals surface area contributed by atoms with Gasteiger partial charge in [0.15, 0.2) is 5.82 Å². The number of hydrogen-bond acceptors (Lipinski definition) is 4. The summed E-state index contributed by atoms with van der Waals surface area (Å²) >= 11 is 0. The lowest BCUT2D eigenvalue weighted by molar-refractivity contribution is 0.439. The third kappa shape index (κ3) is 4.15. The number of hydrogen-bond donors (Lipinski definition) is 0. The molecule has 0 N–H and O–H groups in total. The molecule has 2 aromatic heterocycles. The van der Waals surface area contributed by atoms with Gasteiger partial charge in [0.2, 0.25) is 0 Å². The Balaban J connectivity index is 1.30. The summed E-state index contributed by atoms with van der Waals surface area (Å²) in [6, 6.07) is 59.1. The van der Waals surface area contributed by atoms with Crippen LogP contribution in [0.1, 0.15) is 22.3 Å². The first-order valence-electron chi connectivity index (χ1n) is 16.9. The maximum absolute atomic E-state index is 7.26.